The summed E-state index contributed by atoms with van der Waals surface area (Å²) >= 11 is 1.76. The number of hydrogen-bond acceptors (Lipinski definition) is 6. The number of nitrogens with zero attached hydrogens (tertiary/aromatic N) is 2. The van der Waals surface area contributed by atoms with Gasteiger partial charge in [-0.25, -0.2) is 0 Å². The van der Waals surface area contributed by atoms with Gasteiger partial charge in [-0.3, -0.25) is 9.69 Å². The maximum absolute atomic E-state index is 13.7. The van der Waals surface area contributed by atoms with Crippen LogP contribution in [-0.4, -0.2) is 66.3 Å². The molecular weight excluding hydrogens is 496 g/mol. The molecule has 7 heteroatoms. The Morgan fingerprint density at radius 2 is 1.92 bits per heavy atom. The van der Waals surface area contributed by atoms with Crippen molar-refractivity contribution in [3.8, 4) is 5.75 Å². The summed E-state index contributed by atoms with van der Waals surface area (Å²) in [5, 5.41) is 12.8. The Labute approximate surface area is 229 Å². The summed E-state index contributed by atoms with van der Waals surface area (Å²) < 4.78 is 11.9. The number of hydrogen-bond donors (Lipinski definition) is 1. The number of ether oxygens (including phenoxy) is 2. The molecule has 2 aromatic carbocycles. The average Bonchev–Trinajstić information content (AvgIpc) is 3.60. The number of fused-ring (bicyclic) bond motifs is 1. The van der Waals surface area contributed by atoms with Gasteiger partial charge in [-0.15, -0.1) is 11.3 Å². The number of aliphatic hydroxyl groups excluding tert-OH is 1. The molecule has 6 nitrogen and oxygen atoms in total. The van der Waals surface area contributed by atoms with Crippen LogP contribution >= 0.6 is 11.3 Å². The van der Waals surface area contributed by atoms with Gasteiger partial charge in [0.25, 0.3) is 0 Å². The van der Waals surface area contributed by atoms with E-state index in [-0.39, 0.29) is 18.6 Å². The van der Waals surface area contributed by atoms with E-state index in [9.17, 15) is 9.90 Å². The van der Waals surface area contributed by atoms with Crippen molar-refractivity contribution in [2.75, 3.05) is 39.4 Å². The highest BCUT2D eigenvalue weighted by Crippen LogP contribution is 2.34. The monoisotopic (exact) mass is 534 g/mol. The molecule has 0 radical (unpaired) electrons. The number of aliphatic hydroxyl groups is 1. The van der Waals surface area contributed by atoms with Gasteiger partial charge in [-0.05, 0) is 66.8 Å². The Morgan fingerprint density at radius 1 is 1.13 bits per heavy atom. The van der Waals surface area contributed by atoms with Gasteiger partial charge in [-0.2, -0.15) is 0 Å². The van der Waals surface area contributed by atoms with Crippen LogP contribution < -0.4 is 4.74 Å². The normalized spacial score (nSPS) is 17.9. The molecule has 3 aromatic rings. The lowest BCUT2D eigenvalue weighted by molar-refractivity contribution is -0.136. The topological polar surface area (TPSA) is 62.2 Å². The maximum Gasteiger partial charge on any atom is 0.237 e. The fraction of sp³-hybridized carbons (Fsp3) is 0.452. The van der Waals surface area contributed by atoms with Crippen LogP contribution in [-0.2, 0) is 22.6 Å². The smallest absolute Gasteiger partial charge is 0.237 e. The third-order valence-corrected chi connectivity index (χ3v) is 8.30. The summed E-state index contributed by atoms with van der Waals surface area (Å²) in [6.45, 7) is 5.46. The van der Waals surface area contributed by atoms with E-state index < -0.39 is 6.10 Å². The van der Waals surface area contributed by atoms with Crippen LogP contribution in [0.2, 0.25) is 0 Å². The lowest BCUT2D eigenvalue weighted by Gasteiger charge is -2.37. The van der Waals surface area contributed by atoms with Gasteiger partial charge in [0.05, 0.1) is 31.9 Å². The highest BCUT2D eigenvalue weighted by atomic mass is 32.1. The summed E-state index contributed by atoms with van der Waals surface area (Å²) in [6.07, 6.45) is 2.62. The molecule has 1 fully saturated rings. The van der Waals surface area contributed by atoms with Crippen molar-refractivity contribution in [3.63, 3.8) is 0 Å². The van der Waals surface area contributed by atoms with E-state index in [1.165, 1.54) is 28.8 Å². The molecule has 2 unspecified atom stereocenters. The van der Waals surface area contributed by atoms with Gasteiger partial charge in [-0.1, -0.05) is 48.0 Å². The second-order valence-electron chi connectivity index (χ2n) is 10.6. The predicted molar refractivity (Wildman–Crippen MR) is 150 cm³/mol. The molecule has 0 saturated heterocycles. The first-order valence-electron chi connectivity index (χ1n) is 13.6. The molecule has 1 aliphatic carbocycles. The Morgan fingerprint density at radius 3 is 2.68 bits per heavy atom. The summed E-state index contributed by atoms with van der Waals surface area (Å²) in [5.74, 6) is 1.53. The number of aryl methyl sites for hydroxylation is 1. The molecule has 2 atom stereocenters. The third-order valence-electron chi connectivity index (χ3n) is 7.31. The van der Waals surface area contributed by atoms with E-state index in [2.05, 4.69) is 23.3 Å². The van der Waals surface area contributed by atoms with Crippen LogP contribution in [0.3, 0.4) is 0 Å². The largest absolute Gasteiger partial charge is 0.491 e. The molecule has 0 bridgehead atoms. The fourth-order valence-corrected chi connectivity index (χ4v) is 6.00. The number of benzene rings is 2. The minimum absolute atomic E-state index is 0.0948. The zero-order chi connectivity index (χ0) is 26.3. The van der Waals surface area contributed by atoms with Gasteiger partial charge in [0.2, 0.25) is 5.91 Å². The first-order valence-corrected chi connectivity index (χ1v) is 14.5. The number of amides is 1. The van der Waals surface area contributed by atoms with Crippen LogP contribution in [0.4, 0.5) is 0 Å². The molecule has 1 aromatic heterocycles. The summed E-state index contributed by atoms with van der Waals surface area (Å²) in [7, 11) is 0. The lowest BCUT2D eigenvalue weighted by atomic mass is 10.0. The van der Waals surface area contributed by atoms with Crippen LogP contribution in [0.1, 0.15) is 40.5 Å². The Bertz CT molecular complexity index is 1160. The van der Waals surface area contributed by atoms with E-state index in [1.807, 2.05) is 59.5 Å². The molecule has 1 aliphatic heterocycles. The SMILES string of the molecule is Cc1ccc(OCC2c3ccsc3CCN2C(=O)CN(CC(O)COCc2ccccc2)CC2CC2)cc1. The molecule has 1 saturated carbocycles. The predicted octanol–water partition coefficient (Wildman–Crippen LogP) is 4.85. The zero-order valence-electron chi connectivity index (χ0n) is 22.1. The highest BCUT2D eigenvalue weighted by Gasteiger charge is 2.34. The minimum Gasteiger partial charge on any atom is -0.491 e. The van der Waals surface area contributed by atoms with E-state index >= 15 is 0 Å². The van der Waals surface area contributed by atoms with Crippen molar-refractivity contribution in [2.24, 2.45) is 5.92 Å². The molecule has 5 rings (SSSR count). The van der Waals surface area contributed by atoms with Gasteiger partial charge in [0.15, 0.2) is 0 Å². The summed E-state index contributed by atoms with van der Waals surface area (Å²) in [4.78, 5) is 19.2. The first-order chi connectivity index (χ1) is 18.5. The molecular formula is C31H38N2O4S. The quantitative estimate of drug-likeness (QED) is 0.340. The molecule has 0 spiro atoms. The van der Waals surface area contributed by atoms with Crippen LogP contribution in [0.5, 0.6) is 5.75 Å². The average molecular weight is 535 g/mol. The van der Waals surface area contributed by atoms with Crippen molar-refractivity contribution >= 4 is 17.2 Å². The van der Waals surface area contributed by atoms with Gasteiger partial charge >= 0.3 is 0 Å². The molecule has 38 heavy (non-hydrogen) atoms. The third kappa shape index (κ3) is 7.44. The maximum atomic E-state index is 13.7. The number of carbonyl (C=O) groups is 1. The Hall–Kier alpha value is -2.71. The van der Waals surface area contributed by atoms with E-state index in [0.717, 1.165) is 24.3 Å². The molecule has 1 N–H and O–H groups in total. The summed E-state index contributed by atoms with van der Waals surface area (Å²) in [5.41, 5.74) is 3.47. The minimum atomic E-state index is -0.643. The van der Waals surface area contributed by atoms with Crippen LogP contribution in [0.25, 0.3) is 0 Å². The fourth-order valence-electron chi connectivity index (χ4n) is 5.07. The van der Waals surface area contributed by atoms with Gasteiger partial charge in [0, 0.05) is 24.5 Å². The van der Waals surface area contributed by atoms with Crippen LogP contribution in [0.15, 0.2) is 66.0 Å². The van der Waals surface area contributed by atoms with Gasteiger partial charge in [0.1, 0.15) is 12.4 Å². The lowest BCUT2D eigenvalue weighted by Crippen LogP contribution is -2.48. The second kappa shape index (κ2) is 12.9. The van der Waals surface area contributed by atoms with E-state index in [4.69, 9.17) is 9.47 Å². The van der Waals surface area contributed by atoms with E-state index in [0.29, 0.717) is 38.8 Å². The first kappa shape index (κ1) is 26.9. The van der Waals surface area contributed by atoms with E-state index in [1.54, 1.807) is 11.3 Å². The van der Waals surface area contributed by atoms with Crippen molar-refractivity contribution < 1.29 is 19.4 Å². The zero-order valence-corrected chi connectivity index (χ0v) is 22.9. The number of thiophene rings is 1. The Kier molecular flexibility index (Phi) is 9.12. The second-order valence-corrected chi connectivity index (χ2v) is 11.6. The standard InChI is InChI=1S/C31H38N2O4S/c1-23-7-11-27(12-8-23)37-22-29-28-14-16-38-30(28)13-15-33(29)31(35)19-32(17-24-9-10-24)18-26(34)21-36-20-25-5-3-2-4-6-25/h2-8,11-12,14,16,24,26,29,34H,9-10,13,15,17-22H2,1H3. The van der Waals surface area contributed by atoms with Crippen molar-refractivity contribution in [1.82, 2.24) is 9.80 Å². The van der Waals surface area contributed by atoms with Crippen molar-refractivity contribution in [2.45, 2.75) is 44.9 Å². The van der Waals surface area contributed by atoms with Crippen molar-refractivity contribution in [1.29, 1.82) is 0 Å². The Balaban J connectivity index is 1.20. The summed E-state index contributed by atoms with van der Waals surface area (Å²) in [6, 6.07) is 20.1. The molecule has 1 amide bonds. The molecule has 202 valence electrons. The molecule has 2 aliphatic rings. The van der Waals surface area contributed by atoms with Crippen LogP contribution in [0, 0.1) is 12.8 Å². The van der Waals surface area contributed by atoms with Gasteiger partial charge < -0.3 is 19.5 Å². The highest BCUT2D eigenvalue weighted by molar-refractivity contribution is 7.10. The molecule has 2 heterocycles. The number of rotatable bonds is 13. The number of carbonyl (C=O) groups excluding carboxylic acids is 1. The van der Waals surface area contributed by atoms with Crippen molar-refractivity contribution in [3.05, 3.63) is 87.6 Å².